The van der Waals surface area contributed by atoms with Gasteiger partial charge in [-0.2, -0.15) is 0 Å². The molecule has 0 heterocycles. The quantitative estimate of drug-likeness (QED) is 0.612. The van der Waals surface area contributed by atoms with Gasteiger partial charge in [-0.15, -0.1) is 0 Å². The highest BCUT2D eigenvalue weighted by Crippen LogP contribution is 2.21. The Morgan fingerprint density at radius 3 is 1.45 bits per heavy atom. The number of carbonyl (C=O) groups excluding carboxylic acids is 1. The van der Waals surface area contributed by atoms with Crippen LogP contribution in [0.1, 0.15) is 96.8 Å². The van der Waals surface area contributed by atoms with Crippen LogP contribution >= 0.6 is 0 Å². The average molecular weight is 282 g/mol. The lowest BCUT2D eigenvalue weighted by atomic mass is 9.94. The molecule has 118 valence electrons. The molecule has 1 saturated carbocycles. The van der Waals surface area contributed by atoms with Gasteiger partial charge in [-0.3, -0.25) is 4.79 Å². The number of rotatable bonds is 2. The van der Waals surface area contributed by atoms with Crippen LogP contribution in [0.25, 0.3) is 0 Å². The van der Waals surface area contributed by atoms with E-state index in [0.29, 0.717) is 6.61 Å². The number of ether oxygens (including phenoxy) is 1. The highest BCUT2D eigenvalue weighted by atomic mass is 16.5. The predicted molar refractivity (Wildman–Crippen MR) is 84.8 cm³/mol. The van der Waals surface area contributed by atoms with Crippen LogP contribution < -0.4 is 0 Å². The van der Waals surface area contributed by atoms with Gasteiger partial charge in [-0.05, 0) is 19.8 Å². The second-order valence-corrected chi connectivity index (χ2v) is 6.27. The molecule has 1 rings (SSSR count). The first kappa shape index (κ1) is 17.5. The molecule has 0 saturated heterocycles. The van der Waals surface area contributed by atoms with Crippen LogP contribution in [0.3, 0.4) is 0 Å². The maximum atomic E-state index is 12.0. The summed E-state index contributed by atoms with van der Waals surface area (Å²) in [5, 5.41) is 0. The molecule has 0 bridgehead atoms. The van der Waals surface area contributed by atoms with Crippen LogP contribution in [0.15, 0.2) is 0 Å². The zero-order valence-corrected chi connectivity index (χ0v) is 13.5. The minimum atomic E-state index is 0.0526. The first-order valence-electron chi connectivity index (χ1n) is 9.01. The van der Waals surface area contributed by atoms with Crippen molar-refractivity contribution in [3.63, 3.8) is 0 Å². The van der Waals surface area contributed by atoms with Crippen LogP contribution in [0, 0.1) is 5.92 Å². The summed E-state index contributed by atoms with van der Waals surface area (Å²) in [7, 11) is 0. The van der Waals surface area contributed by atoms with E-state index in [1.54, 1.807) is 0 Å². The lowest BCUT2D eigenvalue weighted by Crippen LogP contribution is -2.18. The maximum Gasteiger partial charge on any atom is 0.308 e. The van der Waals surface area contributed by atoms with Gasteiger partial charge < -0.3 is 4.74 Å². The van der Waals surface area contributed by atoms with Gasteiger partial charge in [-0.1, -0.05) is 77.0 Å². The van der Waals surface area contributed by atoms with Gasteiger partial charge in [0.05, 0.1) is 12.5 Å². The van der Waals surface area contributed by atoms with Crippen LogP contribution in [0.4, 0.5) is 0 Å². The lowest BCUT2D eigenvalue weighted by Gasteiger charge is -2.15. The van der Waals surface area contributed by atoms with E-state index in [9.17, 15) is 4.79 Å². The highest BCUT2D eigenvalue weighted by molar-refractivity contribution is 5.72. The van der Waals surface area contributed by atoms with Crippen LogP contribution in [0.2, 0.25) is 0 Å². The summed E-state index contributed by atoms with van der Waals surface area (Å²) in [4.78, 5) is 12.0. The van der Waals surface area contributed by atoms with Crippen molar-refractivity contribution in [3.05, 3.63) is 0 Å². The van der Waals surface area contributed by atoms with E-state index in [1.165, 1.54) is 77.0 Å². The Kier molecular flexibility index (Phi) is 10.7. The first-order chi connectivity index (χ1) is 9.84. The molecule has 2 nitrogen and oxygen atoms in total. The molecule has 20 heavy (non-hydrogen) atoms. The van der Waals surface area contributed by atoms with E-state index < -0.39 is 0 Å². The fourth-order valence-electron chi connectivity index (χ4n) is 3.19. The van der Waals surface area contributed by atoms with Gasteiger partial charge in [0, 0.05) is 0 Å². The summed E-state index contributed by atoms with van der Waals surface area (Å²) in [5.41, 5.74) is 0. The van der Waals surface area contributed by atoms with E-state index in [2.05, 4.69) is 0 Å². The lowest BCUT2D eigenvalue weighted by molar-refractivity contribution is -0.148. The molecule has 0 aliphatic heterocycles. The predicted octanol–water partition coefficient (Wildman–Crippen LogP) is 5.64. The smallest absolute Gasteiger partial charge is 0.308 e. The van der Waals surface area contributed by atoms with Crippen molar-refractivity contribution in [2.24, 2.45) is 5.92 Å². The zero-order valence-electron chi connectivity index (χ0n) is 13.5. The van der Waals surface area contributed by atoms with Gasteiger partial charge in [0.15, 0.2) is 0 Å². The number of hydrogen-bond acceptors (Lipinski definition) is 2. The SMILES string of the molecule is CCOC(=O)C1CCCCCCCCCCCCCC1. The van der Waals surface area contributed by atoms with E-state index in [1.807, 2.05) is 6.92 Å². The van der Waals surface area contributed by atoms with Crippen molar-refractivity contribution in [2.45, 2.75) is 96.8 Å². The molecule has 0 atom stereocenters. The van der Waals surface area contributed by atoms with Crippen LogP contribution in [-0.2, 0) is 9.53 Å². The first-order valence-corrected chi connectivity index (χ1v) is 9.01. The molecule has 0 spiro atoms. The Morgan fingerprint density at radius 2 is 1.10 bits per heavy atom. The van der Waals surface area contributed by atoms with E-state index >= 15 is 0 Å². The van der Waals surface area contributed by atoms with Gasteiger partial charge in [0.1, 0.15) is 0 Å². The average Bonchev–Trinajstić information content (AvgIpc) is 2.45. The Morgan fingerprint density at radius 1 is 0.750 bits per heavy atom. The minimum absolute atomic E-state index is 0.0526. The van der Waals surface area contributed by atoms with Crippen LogP contribution in [-0.4, -0.2) is 12.6 Å². The Bertz CT molecular complexity index is 222. The maximum absolute atomic E-state index is 12.0. The summed E-state index contributed by atoms with van der Waals surface area (Å²) in [6.07, 6.45) is 18.1. The molecule has 2 heteroatoms. The Hall–Kier alpha value is -0.530. The molecule has 1 aliphatic carbocycles. The number of esters is 1. The van der Waals surface area contributed by atoms with Gasteiger partial charge >= 0.3 is 5.97 Å². The van der Waals surface area contributed by atoms with E-state index in [-0.39, 0.29) is 11.9 Å². The number of carbonyl (C=O) groups is 1. The second-order valence-electron chi connectivity index (χ2n) is 6.27. The van der Waals surface area contributed by atoms with Crippen molar-refractivity contribution in [3.8, 4) is 0 Å². The summed E-state index contributed by atoms with van der Waals surface area (Å²) < 4.78 is 5.23. The largest absolute Gasteiger partial charge is 0.466 e. The third kappa shape index (κ3) is 8.60. The molecule has 1 fully saturated rings. The molecular formula is C18H34O2. The van der Waals surface area contributed by atoms with Gasteiger partial charge in [0.25, 0.3) is 0 Å². The van der Waals surface area contributed by atoms with Crippen molar-refractivity contribution >= 4 is 5.97 Å². The molecule has 0 unspecified atom stereocenters. The van der Waals surface area contributed by atoms with E-state index in [4.69, 9.17) is 4.74 Å². The minimum Gasteiger partial charge on any atom is -0.466 e. The standard InChI is InChI=1S/C18H34O2/c1-2-20-18(19)17-15-13-11-9-7-5-3-4-6-8-10-12-14-16-17/h17H,2-16H2,1H3. The molecular weight excluding hydrogens is 248 g/mol. The van der Waals surface area contributed by atoms with Crippen LogP contribution in [0.5, 0.6) is 0 Å². The third-order valence-electron chi connectivity index (χ3n) is 4.48. The normalized spacial score (nSPS) is 21.6. The number of hydrogen-bond donors (Lipinski definition) is 0. The Balaban J connectivity index is 2.33. The molecule has 0 radical (unpaired) electrons. The summed E-state index contributed by atoms with van der Waals surface area (Å²) in [5.74, 6) is 0.219. The fraction of sp³-hybridized carbons (Fsp3) is 0.944. The topological polar surface area (TPSA) is 26.3 Å². The van der Waals surface area contributed by atoms with Crippen molar-refractivity contribution in [1.29, 1.82) is 0 Å². The van der Waals surface area contributed by atoms with Gasteiger partial charge in [0.2, 0.25) is 0 Å². The summed E-state index contributed by atoms with van der Waals surface area (Å²) in [6, 6.07) is 0. The highest BCUT2D eigenvalue weighted by Gasteiger charge is 2.18. The second kappa shape index (κ2) is 12.2. The Labute approximate surface area is 125 Å². The molecule has 0 amide bonds. The monoisotopic (exact) mass is 282 g/mol. The molecule has 0 N–H and O–H groups in total. The van der Waals surface area contributed by atoms with Crippen molar-refractivity contribution < 1.29 is 9.53 Å². The summed E-state index contributed by atoms with van der Waals surface area (Å²) in [6.45, 7) is 2.43. The van der Waals surface area contributed by atoms with Crippen molar-refractivity contribution in [1.82, 2.24) is 0 Å². The molecule has 1 aliphatic rings. The van der Waals surface area contributed by atoms with Gasteiger partial charge in [-0.25, -0.2) is 0 Å². The third-order valence-corrected chi connectivity index (χ3v) is 4.48. The molecule has 0 aromatic heterocycles. The van der Waals surface area contributed by atoms with Crippen molar-refractivity contribution in [2.75, 3.05) is 6.61 Å². The zero-order chi connectivity index (χ0) is 14.5. The van der Waals surface area contributed by atoms with E-state index in [0.717, 1.165) is 12.8 Å². The fourth-order valence-corrected chi connectivity index (χ4v) is 3.19. The molecule has 0 aromatic rings. The summed E-state index contributed by atoms with van der Waals surface area (Å²) >= 11 is 0. The molecule has 0 aromatic carbocycles.